The van der Waals surface area contributed by atoms with Crippen LogP contribution in [0.5, 0.6) is 5.75 Å². The van der Waals surface area contributed by atoms with Crippen LogP contribution in [-0.2, 0) is 17.8 Å². The lowest BCUT2D eigenvalue weighted by Gasteiger charge is -2.26. The van der Waals surface area contributed by atoms with Crippen LogP contribution in [0.1, 0.15) is 11.1 Å². The maximum absolute atomic E-state index is 5.43. The van der Waals surface area contributed by atoms with Gasteiger partial charge in [-0.05, 0) is 17.7 Å². The minimum atomic E-state index is 0.756. The summed E-state index contributed by atoms with van der Waals surface area (Å²) in [7, 11) is 1.70. The van der Waals surface area contributed by atoms with Gasteiger partial charge in [0.1, 0.15) is 5.75 Å². The van der Waals surface area contributed by atoms with Crippen LogP contribution in [0.15, 0.2) is 60.8 Å². The lowest BCUT2D eigenvalue weighted by Crippen LogP contribution is -2.40. The van der Waals surface area contributed by atoms with Crippen LogP contribution in [0.25, 0.3) is 11.3 Å². The minimum absolute atomic E-state index is 0.756. The molecular formula is C24H30N4O2. The van der Waals surface area contributed by atoms with Crippen molar-refractivity contribution in [2.24, 2.45) is 0 Å². The highest BCUT2D eigenvalue weighted by Gasteiger charge is 2.13. The molecule has 30 heavy (non-hydrogen) atoms. The van der Waals surface area contributed by atoms with Crippen molar-refractivity contribution >= 4 is 0 Å². The van der Waals surface area contributed by atoms with Crippen molar-refractivity contribution in [3.8, 4) is 17.0 Å². The van der Waals surface area contributed by atoms with Gasteiger partial charge in [0.05, 0.1) is 32.6 Å². The van der Waals surface area contributed by atoms with Crippen LogP contribution < -0.4 is 10.1 Å². The van der Waals surface area contributed by atoms with E-state index < -0.39 is 0 Å². The molecule has 0 amide bonds. The molecule has 1 aromatic heterocycles. The lowest BCUT2D eigenvalue weighted by molar-refractivity contribution is 0.0384. The van der Waals surface area contributed by atoms with Crippen LogP contribution in [0, 0.1) is 0 Å². The fourth-order valence-corrected chi connectivity index (χ4v) is 3.74. The predicted octanol–water partition coefficient (Wildman–Crippen LogP) is 3.03. The van der Waals surface area contributed by atoms with E-state index in [1.165, 1.54) is 11.1 Å². The Morgan fingerprint density at radius 2 is 1.90 bits per heavy atom. The molecule has 3 aromatic rings. The zero-order valence-corrected chi connectivity index (χ0v) is 17.6. The maximum Gasteiger partial charge on any atom is 0.119 e. The molecule has 0 atom stereocenters. The molecular weight excluding hydrogens is 376 g/mol. The second kappa shape index (κ2) is 10.4. The van der Waals surface area contributed by atoms with Gasteiger partial charge in [-0.2, -0.15) is 5.10 Å². The summed E-state index contributed by atoms with van der Waals surface area (Å²) in [6.07, 6.45) is 2.16. The zero-order valence-electron chi connectivity index (χ0n) is 17.6. The summed E-state index contributed by atoms with van der Waals surface area (Å²) in [5.41, 5.74) is 4.51. The summed E-state index contributed by atoms with van der Waals surface area (Å²) >= 11 is 0. The van der Waals surface area contributed by atoms with Gasteiger partial charge in [-0.15, -0.1) is 0 Å². The molecule has 2 aromatic carbocycles. The van der Waals surface area contributed by atoms with E-state index in [0.29, 0.717) is 0 Å². The van der Waals surface area contributed by atoms with Crippen LogP contribution in [-0.4, -0.2) is 61.2 Å². The molecule has 1 N–H and O–H groups in total. The summed E-state index contributed by atoms with van der Waals surface area (Å²) in [5.74, 6) is 0.844. The molecule has 0 radical (unpaired) electrons. The van der Waals surface area contributed by atoms with E-state index in [4.69, 9.17) is 14.6 Å². The number of morpholine rings is 1. The predicted molar refractivity (Wildman–Crippen MR) is 119 cm³/mol. The fraction of sp³-hybridized carbons (Fsp3) is 0.375. The van der Waals surface area contributed by atoms with Crippen molar-refractivity contribution in [2.75, 3.05) is 46.5 Å². The van der Waals surface area contributed by atoms with Gasteiger partial charge in [-0.3, -0.25) is 9.58 Å². The first-order valence-corrected chi connectivity index (χ1v) is 10.6. The van der Waals surface area contributed by atoms with E-state index in [0.717, 1.165) is 69.5 Å². The van der Waals surface area contributed by atoms with Gasteiger partial charge >= 0.3 is 0 Å². The van der Waals surface area contributed by atoms with Crippen molar-refractivity contribution in [3.05, 3.63) is 71.9 Å². The average molecular weight is 407 g/mol. The quantitative estimate of drug-likeness (QED) is 0.554. The fourth-order valence-electron chi connectivity index (χ4n) is 3.74. The Labute approximate surface area is 178 Å². The highest BCUT2D eigenvalue weighted by atomic mass is 16.5. The topological polar surface area (TPSA) is 51.5 Å². The molecule has 0 spiro atoms. The monoisotopic (exact) mass is 406 g/mol. The van der Waals surface area contributed by atoms with Gasteiger partial charge in [0.2, 0.25) is 0 Å². The summed E-state index contributed by atoms with van der Waals surface area (Å²) in [5, 5.41) is 8.51. The summed E-state index contributed by atoms with van der Waals surface area (Å²) < 4.78 is 12.9. The van der Waals surface area contributed by atoms with Gasteiger partial charge in [-0.25, -0.2) is 0 Å². The average Bonchev–Trinajstić information content (AvgIpc) is 3.20. The molecule has 158 valence electrons. The largest absolute Gasteiger partial charge is 0.497 e. The summed E-state index contributed by atoms with van der Waals surface area (Å²) in [4.78, 5) is 2.44. The van der Waals surface area contributed by atoms with Crippen LogP contribution in [0.3, 0.4) is 0 Å². The first-order valence-electron chi connectivity index (χ1n) is 10.6. The minimum Gasteiger partial charge on any atom is -0.497 e. The zero-order chi connectivity index (χ0) is 20.6. The Hall–Kier alpha value is -2.67. The van der Waals surface area contributed by atoms with Crippen LogP contribution in [0.2, 0.25) is 0 Å². The number of aromatic nitrogens is 2. The lowest BCUT2D eigenvalue weighted by atomic mass is 10.1. The van der Waals surface area contributed by atoms with E-state index in [1.54, 1.807) is 7.11 Å². The molecule has 0 saturated carbocycles. The Kier molecular flexibility index (Phi) is 7.13. The number of rotatable bonds is 9. The smallest absolute Gasteiger partial charge is 0.119 e. The molecule has 1 saturated heterocycles. The molecule has 4 rings (SSSR count). The molecule has 1 aliphatic heterocycles. The Bertz CT molecular complexity index is 920. The first kappa shape index (κ1) is 20.6. The summed E-state index contributed by atoms with van der Waals surface area (Å²) in [6, 6.07) is 18.6. The molecule has 1 aliphatic rings. The molecule has 0 unspecified atom stereocenters. The maximum atomic E-state index is 5.43. The number of ether oxygens (including phenoxy) is 2. The highest BCUT2D eigenvalue weighted by molar-refractivity contribution is 5.64. The number of methoxy groups -OCH3 is 1. The van der Waals surface area contributed by atoms with E-state index in [-0.39, 0.29) is 0 Å². The second-order valence-electron chi connectivity index (χ2n) is 7.55. The Morgan fingerprint density at radius 1 is 1.07 bits per heavy atom. The van der Waals surface area contributed by atoms with E-state index >= 15 is 0 Å². The molecule has 2 heterocycles. The van der Waals surface area contributed by atoms with Crippen molar-refractivity contribution in [1.29, 1.82) is 0 Å². The number of nitrogens with one attached hydrogen (secondary N) is 1. The molecule has 0 bridgehead atoms. The second-order valence-corrected chi connectivity index (χ2v) is 7.55. The third-order valence-corrected chi connectivity index (χ3v) is 5.39. The van der Waals surface area contributed by atoms with Crippen LogP contribution in [0.4, 0.5) is 0 Å². The van der Waals surface area contributed by atoms with Crippen molar-refractivity contribution in [3.63, 3.8) is 0 Å². The third-order valence-electron chi connectivity index (χ3n) is 5.39. The van der Waals surface area contributed by atoms with Gasteiger partial charge in [0.15, 0.2) is 0 Å². The first-order chi connectivity index (χ1) is 14.8. The molecule has 6 heteroatoms. The Balaban J connectivity index is 1.47. The van der Waals surface area contributed by atoms with Gasteiger partial charge in [0.25, 0.3) is 0 Å². The van der Waals surface area contributed by atoms with Crippen molar-refractivity contribution in [1.82, 2.24) is 20.0 Å². The van der Waals surface area contributed by atoms with E-state index in [9.17, 15) is 0 Å². The van der Waals surface area contributed by atoms with Gasteiger partial charge < -0.3 is 14.8 Å². The third kappa shape index (κ3) is 5.48. The normalized spacial score (nSPS) is 14.7. The number of hydrogen-bond acceptors (Lipinski definition) is 5. The highest BCUT2D eigenvalue weighted by Crippen LogP contribution is 2.26. The molecule has 1 fully saturated rings. The van der Waals surface area contributed by atoms with Crippen LogP contribution >= 0.6 is 0 Å². The van der Waals surface area contributed by atoms with Gasteiger partial charge in [0, 0.05) is 50.0 Å². The number of benzene rings is 2. The summed E-state index contributed by atoms with van der Waals surface area (Å²) in [6.45, 7) is 7.24. The van der Waals surface area contributed by atoms with Crippen molar-refractivity contribution in [2.45, 2.75) is 13.1 Å². The number of nitrogens with zero attached hydrogens (tertiary/aromatic N) is 3. The molecule has 6 nitrogen and oxygen atoms in total. The van der Waals surface area contributed by atoms with Crippen molar-refractivity contribution < 1.29 is 9.47 Å². The SMILES string of the molecule is COc1cccc(-c2nn(Cc3ccccc3)cc2CNCCN2CCOCC2)c1. The van der Waals surface area contributed by atoms with E-state index in [1.807, 2.05) is 28.9 Å². The standard InChI is InChI=1S/C24H30N4O2/c1-29-23-9-5-8-21(16-23)24-22(17-25-10-11-27-12-14-30-15-13-27)19-28(26-24)18-20-6-3-2-4-7-20/h2-9,16,19,25H,10-15,17-18H2,1H3. The molecule has 0 aliphatic carbocycles. The van der Waals surface area contributed by atoms with E-state index in [2.05, 4.69) is 46.7 Å². The van der Waals surface area contributed by atoms with Gasteiger partial charge in [-0.1, -0.05) is 42.5 Å². The number of hydrogen-bond donors (Lipinski definition) is 1. The Morgan fingerprint density at radius 3 is 2.70 bits per heavy atom.